The molecule has 4 heteroatoms. The third kappa shape index (κ3) is 3.79. The van der Waals surface area contributed by atoms with Gasteiger partial charge < -0.3 is 4.74 Å². The van der Waals surface area contributed by atoms with Gasteiger partial charge in [-0.25, -0.2) is 4.98 Å². The summed E-state index contributed by atoms with van der Waals surface area (Å²) >= 11 is 5.66. The summed E-state index contributed by atoms with van der Waals surface area (Å²) in [5.41, 5.74) is 0.827. The number of hydrogen-bond acceptors (Lipinski definition) is 3. The lowest BCUT2D eigenvalue weighted by Gasteiger charge is -2.24. The molecule has 0 radical (unpaired) electrons. The zero-order valence-corrected chi connectivity index (χ0v) is 10.7. The summed E-state index contributed by atoms with van der Waals surface area (Å²) in [4.78, 5) is 8.12. The van der Waals surface area contributed by atoms with Gasteiger partial charge in [-0.2, -0.15) is 0 Å². The van der Waals surface area contributed by atoms with Gasteiger partial charge in [-0.15, -0.1) is 0 Å². The number of rotatable bonds is 4. The molecule has 1 heterocycles. The van der Waals surface area contributed by atoms with Gasteiger partial charge in [0.1, 0.15) is 5.15 Å². The molecule has 1 aromatic rings. The Kier molecular flexibility index (Phi) is 4.51. The maximum atomic E-state index is 5.69. The van der Waals surface area contributed by atoms with E-state index in [4.69, 9.17) is 16.3 Å². The van der Waals surface area contributed by atoms with E-state index in [1.165, 1.54) is 0 Å². The molecule has 0 aromatic carbocycles. The zero-order chi connectivity index (χ0) is 12.1. The molecule has 1 aromatic heterocycles. The smallest absolute Gasteiger partial charge is 0.147 e. The molecule has 2 unspecified atom stereocenters. The molecular formula is C13H17ClN2O. The average Bonchev–Trinajstić information content (AvgIpc) is 2.34. The van der Waals surface area contributed by atoms with Crippen molar-refractivity contribution in [2.45, 2.75) is 26.4 Å². The van der Waals surface area contributed by atoms with Crippen molar-refractivity contribution in [1.29, 1.82) is 0 Å². The normalized spacial score (nSPS) is 23.9. The standard InChI is InChI=1S/C13H17ClN2O/c1-10-4-2-3-5-11(10)8-17-9-12-6-16-13(14)7-15-12/h2-3,6-7,10-11H,4-5,8-9H2,1H3. The first-order valence-electron chi connectivity index (χ1n) is 5.95. The fraction of sp³-hybridized carbons (Fsp3) is 0.538. The number of ether oxygens (including phenoxy) is 1. The lowest BCUT2D eigenvalue weighted by Crippen LogP contribution is -2.19. The van der Waals surface area contributed by atoms with Crippen molar-refractivity contribution >= 4 is 11.6 Å². The lowest BCUT2D eigenvalue weighted by atomic mass is 9.85. The molecule has 0 amide bonds. The highest BCUT2D eigenvalue weighted by molar-refractivity contribution is 6.29. The molecule has 0 saturated heterocycles. The molecule has 92 valence electrons. The summed E-state index contributed by atoms with van der Waals surface area (Å²) in [6, 6.07) is 0. The van der Waals surface area contributed by atoms with E-state index in [0.29, 0.717) is 23.6 Å². The third-order valence-electron chi connectivity index (χ3n) is 3.17. The van der Waals surface area contributed by atoms with Gasteiger partial charge in [-0.1, -0.05) is 30.7 Å². The van der Waals surface area contributed by atoms with Crippen LogP contribution >= 0.6 is 11.6 Å². The summed E-state index contributed by atoms with van der Waals surface area (Å²) in [7, 11) is 0. The topological polar surface area (TPSA) is 35.0 Å². The van der Waals surface area contributed by atoms with Gasteiger partial charge in [0, 0.05) is 0 Å². The number of nitrogens with zero attached hydrogens (tertiary/aromatic N) is 2. The van der Waals surface area contributed by atoms with E-state index in [1.54, 1.807) is 12.4 Å². The van der Waals surface area contributed by atoms with Gasteiger partial charge in [0.25, 0.3) is 0 Å². The minimum absolute atomic E-state index is 0.416. The summed E-state index contributed by atoms with van der Waals surface area (Å²) < 4.78 is 5.69. The second kappa shape index (κ2) is 6.12. The summed E-state index contributed by atoms with van der Waals surface area (Å²) in [5.74, 6) is 1.33. The molecule has 0 bridgehead atoms. The molecule has 1 aliphatic carbocycles. The molecular weight excluding hydrogens is 236 g/mol. The van der Waals surface area contributed by atoms with Crippen LogP contribution in [0.4, 0.5) is 0 Å². The molecule has 0 saturated carbocycles. The molecule has 3 nitrogen and oxygen atoms in total. The second-order valence-electron chi connectivity index (χ2n) is 4.53. The maximum absolute atomic E-state index is 5.69. The maximum Gasteiger partial charge on any atom is 0.147 e. The van der Waals surface area contributed by atoms with Crippen LogP contribution in [0.2, 0.25) is 5.15 Å². The van der Waals surface area contributed by atoms with E-state index < -0.39 is 0 Å². The Hall–Kier alpha value is -0.930. The van der Waals surface area contributed by atoms with Crippen LogP contribution in [0.5, 0.6) is 0 Å². The first-order valence-corrected chi connectivity index (χ1v) is 6.32. The van der Waals surface area contributed by atoms with E-state index in [9.17, 15) is 0 Å². The molecule has 0 aliphatic heterocycles. The highest BCUT2D eigenvalue weighted by Gasteiger charge is 2.18. The third-order valence-corrected chi connectivity index (χ3v) is 3.37. The Morgan fingerprint density at radius 2 is 2.12 bits per heavy atom. The average molecular weight is 253 g/mol. The molecule has 0 fully saturated rings. The van der Waals surface area contributed by atoms with Crippen molar-refractivity contribution in [3.05, 3.63) is 35.4 Å². The zero-order valence-electron chi connectivity index (χ0n) is 9.97. The van der Waals surface area contributed by atoms with Crippen LogP contribution in [0.15, 0.2) is 24.5 Å². The fourth-order valence-electron chi connectivity index (χ4n) is 1.97. The van der Waals surface area contributed by atoms with Crippen LogP contribution in [-0.2, 0) is 11.3 Å². The van der Waals surface area contributed by atoms with Gasteiger partial charge in [-0.05, 0) is 24.7 Å². The van der Waals surface area contributed by atoms with Gasteiger partial charge in [-0.3, -0.25) is 4.98 Å². The quantitative estimate of drug-likeness (QED) is 0.772. The molecule has 0 spiro atoms. The summed E-state index contributed by atoms with van der Waals surface area (Å²) in [6.45, 7) is 3.58. The lowest BCUT2D eigenvalue weighted by molar-refractivity contribution is 0.0660. The molecule has 1 aliphatic rings. The van der Waals surface area contributed by atoms with Crippen molar-refractivity contribution in [2.24, 2.45) is 11.8 Å². The molecule has 2 rings (SSSR count). The van der Waals surface area contributed by atoms with Crippen LogP contribution in [0, 0.1) is 11.8 Å². The first kappa shape index (κ1) is 12.5. The predicted octanol–water partition coefficient (Wildman–Crippen LogP) is 3.25. The highest BCUT2D eigenvalue weighted by atomic mass is 35.5. The van der Waals surface area contributed by atoms with Gasteiger partial charge in [0.2, 0.25) is 0 Å². The van der Waals surface area contributed by atoms with Crippen molar-refractivity contribution in [1.82, 2.24) is 9.97 Å². The Labute approximate surface area is 107 Å². The Bertz CT molecular complexity index is 378. The SMILES string of the molecule is CC1CC=CCC1COCc1cnc(Cl)cn1. The Morgan fingerprint density at radius 3 is 2.82 bits per heavy atom. The first-order chi connectivity index (χ1) is 8.25. The number of halogens is 1. The minimum atomic E-state index is 0.416. The van der Waals surface area contributed by atoms with E-state index in [0.717, 1.165) is 25.1 Å². The van der Waals surface area contributed by atoms with Crippen molar-refractivity contribution in [2.75, 3.05) is 6.61 Å². The predicted molar refractivity (Wildman–Crippen MR) is 67.7 cm³/mol. The second-order valence-corrected chi connectivity index (χ2v) is 4.91. The van der Waals surface area contributed by atoms with E-state index >= 15 is 0 Å². The van der Waals surface area contributed by atoms with Crippen LogP contribution in [0.25, 0.3) is 0 Å². The van der Waals surface area contributed by atoms with E-state index in [2.05, 4.69) is 29.0 Å². The van der Waals surface area contributed by atoms with E-state index in [1.807, 2.05) is 0 Å². The number of aromatic nitrogens is 2. The van der Waals surface area contributed by atoms with Crippen LogP contribution < -0.4 is 0 Å². The monoisotopic (exact) mass is 252 g/mol. The van der Waals surface area contributed by atoms with Gasteiger partial charge in [0.05, 0.1) is 31.3 Å². The van der Waals surface area contributed by atoms with Gasteiger partial charge in [0.15, 0.2) is 0 Å². The fourth-order valence-corrected chi connectivity index (χ4v) is 2.06. The Morgan fingerprint density at radius 1 is 1.29 bits per heavy atom. The van der Waals surface area contributed by atoms with Gasteiger partial charge >= 0.3 is 0 Å². The van der Waals surface area contributed by atoms with Crippen molar-refractivity contribution < 1.29 is 4.74 Å². The molecule has 2 atom stereocenters. The number of hydrogen-bond donors (Lipinski definition) is 0. The highest BCUT2D eigenvalue weighted by Crippen LogP contribution is 2.25. The minimum Gasteiger partial charge on any atom is -0.375 e. The largest absolute Gasteiger partial charge is 0.375 e. The van der Waals surface area contributed by atoms with Crippen molar-refractivity contribution in [3.8, 4) is 0 Å². The van der Waals surface area contributed by atoms with E-state index in [-0.39, 0.29) is 0 Å². The van der Waals surface area contributed by atoms with Crippen LogP contribution in [0.1, 0.15) is 25.5 Å². The Balaban J connectivity index is 1.75. The van der Waals surface area contributed by atoms with Crippen LogP contribution in [0.3, 0.4) is 0 Å². The van der Waals surface area contributed by atoms with Crippen molar-refractivity contribution in [3.63, 3.8) is 0 Å². The molecule has 0 N–H and O–H groups in total. The summed E-state index contributed by atoms with van der Waals surface area (Å²) in [6.07, 6.45) is 9.99. The molecule has 17 heavy (non-hydrogen) atoms. The summed E-state index contributed by atoms with van der Waals surface area (Å²) in [5, 5.41) is 0.416. The number of allylic oxidation sites excluding steroid dienone is 2. The van der Waals surface area contributed by atoms with Crippen LogP contribution in [-0.4, -0.2) is 16.6 Å².